The second-order valence-corrected chi connectivity index (χ2v) is 22.0. The molecule has 0 saturated heterocycles. The predicted molar refractivity (Wildman–Crippen MR) is 151 cm³/mol. The molecule has 36 heavy (non-hydrogen) atoms. The number of ether oxygens (including phenoxy) is 1. The molecular formula is C27H40N2O5Si2. The quantitative estimate of drug-likeness (QED) is 0.101. The Morgan fingerprint density at radius 1 is 1.03 bits per heavy atom. The fraction of sp³-hybridized carbons (Fsp3) is 0.481. The van der Waals surface area contributed by atoms with Crippen molar-refractivity contribution in [3.8, 4) is 11.1 Å². The van der Waals surface area contributed by atoms with Gasteiger partial charge in [-0.2, -0.15) is 0 Å². The van der Waals surface area contributed by atoms with Crippen LogP contribution in [0.4, 0.5) is 5.69 Å². The molecule has 9 heteroatoms. The van der Waals surface area contributed by atoms with Crippen LogP contribution in [0.15, 0.2) is 48.2 Å². The van der Waals surface area contributed by atoms with Crippen LogP contribution in [0.5, 0.6) is 0 Å². The Morgan fingerprint density at radius 2 is 1.67 bits per heavy atom. The standard InChI is InChI=1S/C27H40N2O5Si2/c1-8-21(14-16-27(31)34-17-18-35(2,3)4)13-15-25(30)28-20-22(19-26(28)36(5,6)7)23-11-9-10-12-24(23)29(32)33/h8-12,19-20H,13-18H2,1-7H3/b21-8-. The van der Waals surface area contributed by atoms with Crippen LogP contribution in [-0.4, -0.2) is 44.1 Å². The summed E-state index contributed by atoms with van der Waals surface area (Å²) in [4.78, 5) is 36.6. The van der Waals surface area contributed by atoms with Gasteiger partial charge >= 0.3 is 5.97 Å². The summed E-state index contributed by atoms with van der Waals surface area (Å²) in [6, 6.07) is 9.50. The van der Waals surface area contributed by atoms with Gasteiger partial charge in [0.2, 0.25) is 5.91 Å². The van der Waals surface area contributed by atoms with Crippen LogP contribution in [0.2, 0.25) is 45.3 Å². The number of nitro benzene ring substituents is 1. The van der Waals surface area contributed by atoms with Crippen LogP contribution in [0, 0.1) is 10.1 Å². The van der Waals surface area contributed by atoms with Gasteiger partial charge in [0.15, 0.2) is 0 Å². The third-order valence-electron chi connectivity index (χ3n) is 6.10. The lowest BCUT2D eigenvalue weighted by Crippen LogP contribution is -2.44. The molecule has 7 nitrogen and oxygen atoms in total. The second kappa shape index (κ2) is 12.4. The number of hydrogen-bond donors (Lipinski definition) is 0. The minimum absolute atomic E-state index is 0.0251. The highest BCUT2D eigenvalue weighted by molar-refractivity contribution is 6.88. The molecule has 2 rings (SSSR count). The molecule has 2 aromatic rings. The molecule has 1 aromatic carbocycles. The topological polar surface area (TPSA) is 91.4 Å². The highest BCUT2D eigenvalue weighted by Gasteiger charge is 2.27. The Bertz CT molecular complexity index is 1120. The molecule has 0 bridgehead atoms. The van der Waals surface area contributed by atoms with Gasteiger partial charge in [0.05, 0.1) is 25.2 Å². The number of benzene rings is 1. The number of nitro groups is 1. The van der Waals surface area contributed by atoms with Crippen LogP contribution in [-0.2, 0) is 9.53 Å². The minimum atomic E-state index is -1.92. The third-order valence-corrected chi connectivity index (χ3v) is 9.73. The maximum absolute atomic E-state index is 13.3. The van der Waals surface area contributed by atoms with Gasteiger partial charge < -0.3 is 4.74 Å². The van der Waals surface area contributed by atoms with Crippen molar-refractivity contribution in [3.63, 3.8) is 0 Å². The summed E-state index contributed by atoms with van der Waals surface area (Å²) < 4.78 is 7.08. The molecule has 0 amide bonds. The summed E-state index contributed by atoms with van der Waals surface area (Å²) in [5.74, 6) is -0.242. The minimum Gasteiger partial charge on any atom is -0.466 e. The molecule has 196 valence electrons. The van der Waals surface area contributed by atoms with Crippen molar-refractivity contribution >= 4 is 39.0 Å². The molecule has 0 aliphatic carbocycles. The Morgan fingerprint density at radius 3 is 2.25 bits per heavy atom. The van der Waals surface area contributed by atoms with E-state index in [2.05, 4.69) is 39.3 Å². The molecule has 0 aliphatic heterocycles. The molecule has 0 unspecified atom stereocenters. The smallest absolute Gasteiger partial charge is 0.306 e. The zero-order valence-corrected chi connectivity index (χ0v) is 24.7. The van der Waals surface area contributed by atoms with Gasteiger partial charge in [-0.1, -0.05) is 63.1 Å². The van der Waals surface area contributed by atoms with E-state index < -0.39 is 21.1 Å². The molecule has 0 fully saturated rings. The van der Waals surface area contributed by atoms with E-state index in [1.807, 2.05) is 19.1 Å². The molecule has 0 N–H and O–H groups in total. The van der Waals surface area contributed by atoms with Crippen LogP contribution in [0.25, 0.3) is 11.1 Å². The van der Waals surface area contributed by atoms with Crippen molar-refractivity contribution in [3.05, 3.63) is 58.3 Å². The average molecular weight is 529 g/mol. The van der Waals surface area contributed by atoms with Gasteiger partial charge in [0.1, 0.15) is 0 Å². The lowest BCUT2D eigenvalue weighted by Gasteiger charge is -2.19. The van der Waals surface area contributed by atoms with Crippen LogP contribution >= 0.6 is 0 Å². The van der Waals surface area contributed by atoms with E-state index in [1.54, 1.807) is 29.0 Å². The molecule has 0 atom stereocenters. The zero-order valence-electron chi connectivity index (χ0n) is 22.7. The maximum Gasteiger partial charge on any atom is 0.306 e. The van der Waals surface area contributed by atoms with E-state index in [-0.39, 0.29) is 17.6 Å². The summed E-state index contributed by atoms with van der Waals surface area (Å²) in [6.45, 7) is 15.6. The number of carbonyl (C=O) groups excluding carboxylic acids is 2. The Hall–Kier alpha value is -2.79. The first kappa shape index (κ1) is 29.4. The molecule has 1 aromatic heterocycles. The lowest BCUT2D eigenvalue weighted by molar-refractivity contribution is -0.384. The van der Waals surface area contributed by atoms with Gasteiger partial charge in [-0.15, -0.1) is 0 Å². The summed E-state index contributed by atoms with van der Waals surface area (Å²) >= 11 is 0. The number of allylic oxidation sites excluding steroid dienone is 2. The van der Waals surface area contributed by atoms with Crippen molar-refractivity contribution in [2.75, 3.05) is 6.61 Å². The normalized spacial score (nSPS) is 12.5. The van der Waals surface area contributed by atoms with Gasteiger partial charge in [0.25, 0.3) is 5.69 Å². The molecule has 0 saturated carbocycles. The van der Waals surface area contributed by atoms with Crippen molar-refractivity contribution < 1.29 is 19.2 Å². The van der Waals surface area contributed by atoms with E-state index in [4.69, 9.17) is 4.74 Å². The molecule has 0 radical (unpaired) electrons. The van der Waals surface area contributed by atoms with Crippen molar-refractivity contribution in [2.45, 2.75) is 77.9 Å². The van der Waals surface area contributed by atoms with E-state index in [9.17, 15) is 19.7 Å². The zero-order chi connectivity index (χ0) is 27.1. The SMILES string of the molecule is C/C=C(\CCC(=O)OCC[Si](C)(C)C)CCC(=O)n1cc(-c2ccccc2[N+](=O)[O-])cc1[Si](C)(C)C. The number of aromatic nitrogens is 1. The number of hydrogen-bond acceptors (Lipinski definition) is 5. The third kappa shape index (κ3) is 8.70. The number of rotatable bonds is 12. The van der Waals surface area contributed by atoms with E-state index in [0.29, 0.717) is 43.4 Å². The molecular weight excluding hydrogens is 488 g/mol. The van der Waals surface area contributed by atoms with Crippen LogP contribution < -0.4 is 5.32 Å². The van der Waals surface area contributed by atoms with Gasteiger partial charge in [-0.05, 0) is 37.9 Å². The van der Waals surface area contributed by atoms with Crippen LogP contribution in [0.1, 0.15) is 37.4 Å². The largest absolute Gasteiger partial charge is 0.466 e. The highest BCUT2D eigenvalue weighted by Crippen LogP contribution is 2.30. The first-order chi connectivity index (χ1) is 16.7. The second-order valence-electron chi connectivity index (χ2n) is 11.4. The van der Waals surface area contributed by atoms with E-state index >= 15 is 0 Å². The summed E-state index contributed by atoms with van der Waals surface area (Å²) in [7, 11) is -3.16. The van der Waals surface area contributed by atoms with Crippen molar-refractivity contribution in [1.82, 2.24) is 4.57 Å². The van der Waals surface area contributed by atoms with Crippen molar-refractivity contribution in [2.24, 2.45) is 0 Å². The lowest BCUT2D eigenvalue weighted by atomic mass is 10.0. The number of esters is 1. The number of nitrogens with zero attached hydrogens (tertiary/aromatic N) is 2. The van der Waals surface area contributed by atoms with E-state index in [1.165, 1.54) is 6.07 Å². The van der Waals surface area contributed by atoms with Crippen LogP contribution in [0.3, 0.4) is 0 Å². The fourth-order valence-electron chi connectivity index (χ4n) is 3.88. The summed E-state index contributed by atoms with van der Waals surface area (Å²) in [5.41, 5.74) is 2.26. The van der Waals surface area contributed by atoms with Gasteiger partial charge in [-0.3, -0.25) is 24.3 Å². The van der Waals surface area contributed by atoms with Crippen molar-refractivity contribution in [1.29, 1.82) is 0 Å². The Labute approximate surface area is 216 Å². The Kier molecular flexibility index (Phi) is 10.2. The highest BCUT2D eigenvalue weighted by atomic mass is 28.3. The molecule has 0 aliphatic rings. The summed E-state index contributed by atoms with van der Waals surface area (Å²) in [6.07, 6.45) is 5.45. The first-order valence-corrected chi connectivity index (χ1v) is 19.7. The first-order valence-electron chi connectivity index (χ1n) is 12.5. The summed E-state index contributed by atoms with van der Waals surface area (Å²) in [5, 5.41) is 12.5. The fourth-order valence-corrected chi connectivity index (χ4v) is 6.09. The van der Waals surface area contributed by atoms with Gasteiger partial charge in [-0.25, -0.2) is 0 Å². The predicted octanol–water partition coefficient (Wildman–Crippen LogP) is 6.64. The monoisotopic (exact) mass is 528 g/mol. The van der Waals surface area contributed by atoms with Gasteiger partial charge in [0, 0.05) is 44.1 Å². The number of para-hydroxylation sites is 1. The molecule has 1 heterocycles. The van der Waals surface area contributed by atoms with E-state index in [0.717, 1.165) is 16.9 Å². The average Bonchev–Trinajstić information content (AvgIpc) is 3.24. The Balaban J connectivity index is 2.10. The number of carbonyl (C=O) groups is 2. The molecule has 0 spiro atoms. The maximum atomic E-state index is 13.3.